The van der Waals surface area contributed by atoms with E-state index in [2.05, 4.69) is 84.0 Å². The second-order valence-corrected chi connectivity index (χ2v) is 9.06. The average molecular weight is 422 g/mol. The molecular weight excluding hydrogens is 390 g/mol. The molecule has 1 saturated heterocycles. The Labute approximate surface area is 183 Å². The Bertz CT molecular complexity index is 967. The van der Waals surface area contributed by atoms with Crippen molar-refractivity contribution in [3.63, 3.8) is 0 Å². The molecule has 30 heavy (non-hydrogen) atoms. The van der Waals surface area contributed by atoms with Crippen LogP contribution in [0.1, 0.15) is 30.7 Å². The fourth-order valence-corrected chi connectivity index (χ4v) is 5.11. The summed E-state index contributed by atoms with van der Waals surface area (Å²) in [6.07, 6.45) is 0.869. The molecule has 0 bridgehead atoms. The summed E-state index contributed by atoms with van der Waals surface area (Å²) in [5.74, 6) is 0.265. The largest absolute Gasteiger partial charge is 0.342 e. The van der Waals surface area contributed by atoms with E-state index in [0.29, 0.717) is 6.04 Å². The van der Waals surface area contributed by atoms with Gasteiger partial charge in [-0.15, -0.1) is 11.3 Å². The summed E-state index contributed by atoms with van der Waals surface area (Å²) in [5.41, 5.74) is 1.27. The van der Waals surface area contributed by atoms with E-state index < -0.39 is 0 Å². The van der Waals surface area contributed by atoms with Gasteiger partial charge in [-0.25, -0.2) is 0 Å². The van der Waals surface area contributed by atoms with Crippen molar-refractivity contribution in [3.8, 4) is 0 Å². The third-order valence-corrected chi connectivity index (χ3v) is 6.98. The van der Waals surface area contributed by atoms with E-state index in [1.54, 1.807) is 11.3 Å². The molecule has 0 aliphatic carbocycles. The minimum atomic E-state index is -0.0581. The summed E-state index contributed by atoms with van der Waals surface area (Å²) < 4.78 is 0. The topological polar surface area (TPSA) is 35.6 Å². The fraction of sp³-hybridized carbons (Fsp3) is 0.400. The van der Waals surface area contributed by atoms with Crippen LogP contribution in [0.3, 0.4) is 0 Å². The van der Waals surface area contributed by atoms with E-state index in [1.165, 1.54) is 21.2 Å². The first-order valence-corrected chi connectivity index (χ1v) is 11.8. The molecule has 2 heterocycles. The Kier molecular flexibility index (Phi) is 6.82. The first-order valence-electron chi connectivity index (χ1n) is 10.9. The fourth-order valence-electron chi connectivity index (χ4n) is 4.46. The Morgan fingerprint density at radius 3 is 2.63 bits per heavy atom. The first-order chi connectivity index (χ1) is 14.7. The molecule has 1 aromatic heterocycles. The van der Waals surface area contributed by atoms with Crippen LogP contribution in [0, 0.1) is 0 Å². The standard InChI is InChI=1S/C25H31N3OS/c1-3-27(4-2)25(29)24-15-22(26-16-23-10-7-13-30-23)18-28(24)17-19-11-12-20-8-5-6-9-21(20)14-19/h5-14,22,24,26H,3-4,15-18H2,1-2H3/t22-,24-/m0/s1. The lowest BCUT2D eigenvalue weighted by Gasteiger charge is -2.28. The number of amides is 1. The van der Waals surface area contributed by atoms with Gasteiger partial charge in [-0.3, -0.25) is 9.69 Å². The number of carbonyl (C=O) groups is 1. The van der Waals surface area contributed by atoms with E-state index in [9.17, 15) is 4.79 Å². The van der Waals surface area contributed by atoms with Crippen LogP contribution in [-0.4, -0.2) is 47.4 Å². The minimum Gasteiger partial charge on any atom is -0.342 e. The maximum Gasteiger partial charge on any atom is 0.239 e. The highest BCUT2D eigenvalue weighted by Gasteiger charge is 2.38. The number of hydrogen-bond acceptors (Lipinski definition) is 4. The molecule has 3 aromatic rings. The van der Waals surface area contributed by atoms with E-state index in [-0.39, 0.29) is 11.9 Å². The maximum atomic E-state index is 13.3. The number of rotatable bonds is 8. The second kappa shape index (κ2) is 9.73. The molecule has 1 fully saturated rings. The predicted octanol–water partition coefficient (Wildman–Crippen LogP) is 4.50. The van der Waals surface area contributed by atoms with Crippen LogP contribution in [0.2, 0.25) is 0 Å². The number of benzene rings is 2. The lowest BCUT2D eigenvalue weighted by Crippen LogP contribution is -2.45. The van der Waals surface area contributed by atoms with Gasteiger partial charge in [0.05, 0.1) is 6.04 Å². The van der Waals surface area contributed by atoms with Gasteiger partial charge in [0.15, 0.2) is 0 Å². The molecule has 1 amide bonds. The molecule has 1 aliphatic rings. The van der Waals surface area contributed by atoms with Gasteiger partial charge >= 0.3 is 0 Å². The lowest BCUT2D eigenvalue weighted by atomic mass is 10.1. The second-order valence-electron chi connectivity index (χ2n) is 8.03. The Balaban J connectivity index is 1.50. The molecule has 0 spiro atoms. The summed E-state index contributed by atoms with van der Waals surface area (Å²) in [6, 6.07) is 19.6. The highest BCUT2D eigenvalue weighted by Crippen LogP contribution is 2.25. The van der Waals surface area contributed by atoms with Crippen LogP contribution < -0.4 is 5.32 Å². The Morgan fingerprint density at radius 1 is 1.10 bits per heavy atom. The van der Waals surface area contributed by atoms with E-state index in [4.69, 9.17) is 0 Å². The van der Waals surface area contributed by atoms with E-state index in [0.717, 1.165) is 39.1 Å². The van der Waals surface area contributed by atoms with Gasteiger partial charge in [0, 0.05) is 43.6 Å². The van der Waals surface area contributed by atoms with Crippen molar-refractivity contribution in [2.45, 2.75) is 45.4 Å². The molecule has 158 valence electrons. The number of nitrogens with one attached hydrogen (secondary N) is 1. The lowest BCUT2D eigenvalue weighted by molar-refractivity contribution is -0.135. The van der Waals surface area contributed by atoms with Crippen molar-refractivity contribution >= 4 is 28.0 Å². The maximum absolute atomic E-state index is 13.3. The van der Waals surface area contributed by atoms with Crippen molar-refractivity contribution < 1.29 is 4.79 Å². The number of likely N-dealkylation sites (tertiary alicyclic amines) is 1. The average Bonchev–Trinajstić information content (AvgIpc) is 3.43. The molecule has 4 rings (SSSR count). The van der Waals surface area contributed by atoms with Crippen molar-refractivity contribution in [2.24, 2.45) is 0 Å². The number of hydrogen-bond donors (Lipinski definition) is 1. The molecule has 1 aliphatic heterocycles. The van der Waals surface area contributed by atoms with Crippen molar-refractivity contribution in [3.05, 3.63) is 70.4 Å². The Hall–Kier alpha value is -2.21. The van der Waals surface area contributed by atoms with E-state index in [1.807, 2.05) is 4.90 Å². The molecule has 2 aromatic carbocycles. The normalized spacial score (nSPS) is 19.4. The zero-order valence-electron chi connectivity index (χ0n) is 17.9. The summed E-state index contributed by atoms with van der Waals surface area (Å²) in [6.45, 7) is 8.24. The molecular formula is C25H31N3OS. The van der Waals surface area contributed by atoms with Gasteiger partial charge in [0.2, 0.25) is 5.91 Å². The number of thiophene rings is 1. The molecule has 2 atom stereocenters. The summed E-state index contributed by atoms with van der Waals surface area (Å²) in [7, 11) is 0. The van der Waals surface area contributed by atoms with Gasteiger partial charge in [-0.05, 0) is 54.1 Å². The first kappa shape index (κ1) is 21.0. The third-order valence-electron chi connectivity index (χ3n) is 6.11. The molecule has 0 unspecified atom stereocenters. The molecule has 0 saturated carbocycles. The number of carbonyl (C=O) groups excluding carboxylic acids is 1. The highest BCUT2D eigenvalue weighted by molar-refractivity contribution is 7.09. The number of likely N-dealkylation sites (N-methyl/N-ethyl adjacent to an activating group) is 1. The van der Waals surface area contributed by atoms with Gasteiger partial charge in [0.25, 0.3) is 0 Å². The van der Waals surface area contributed by atoms with Crippen LogP contribution in [0.15, 0.2) is 60.0 Å². The van der Waals surface area contributed by atoms with Crippen LogP contribution >= 0.6 is 11.3 Å². The van der Waals surface area contributed by atoms with E-state index >= 15 is 0 Å². The molecule has 0 radical (unpaired) electrons. The summed E-state index contributed by atoms with van der Waals surface area (Å²) >= 11 is 1.78. The SMILES string of the molecule is CCN(CC)C(=O)[C@@H]1C[C@H](NCc2cccs2)CN1Cc1ccc2ccccc2c1. The Morgan fingerprint density at radius 2 is 1.90 bits per heavy atom. The smallest absolute Gasteiger partial charge is 0.239 e. The van der Waals surface area contributed by atoms with Crippen molar-refractivity contribution in [2.75, 3.05) is 19.6 Å². The van der Waals surface area contributed by atoms with Crippen molar-refractivity contribution in [1.29, 1.82) is 0 Å². The zero-order valence-corrected chi connectivity index (χ0v) is 18.7. The van der Waals surface area contributed by atoms with Crippen LogP contribution in [-0.2, 0) is 17.9 Å². The predicted molar refractivity (Wildman–Crippen MR) is 126 cm³/mol. The molecule has 4 nitrogen and oxygen atoms in total. The van der Waals surface area contributed by atoms with Gasteiger partial charge in [-0.2, -0.15) is 0 Å². The highest BCUT2D eigenvalue weighted by atomic mass is 32.1. The van der Waals surface area contributed by atoms with Gasteiger partial charge in [0.1, 0.15) is 0 Å². The van der Waals surface area contributed by atoms with Crippen LogP contribution in [0.5, 0.6) is 0 Å². The van der Waals surface area contributed by atoms with Gasteiger partial charge in [-0.1, -0.05) is 42.5 Å². The monoisotopic (exact) mass is 421 g/mol. The van der Waals surface area contributed by atoms with Crippen molar-refractivity contribution in [1.82, 2.24) is 15.1 Å². The summed E-state index contributed by atoms with van der Waals surface area (Å²) in [5, 5.41) is 8.32. The minimum absolute atomic E-state index is 0.0581. The number of fused-ring (bicyclic) bond motifs is 1. The van der Waals surface area contributed by atoms with Crippen LogP contribution in [0.25, 0.3) is 10.8 Å². The zero-order chi connectivity index (χ0) is 20.9. The molecule has 1 N–H and O–H groups in total. The third kappa shape index (κ3) is 4.75. The molecule has 5 heteroatoms. The summed E-state index contributed by atoms with van der Waals surface area (Å²) in [4.78, 5) is 18.9. The quantitative estimate of drug-likeness (QED) is 0.582. The number of nitrogens with zero attached hydrogens (tertiary/aromatic N) is 2. The van der Waals surface area contributed by atoms with Gasteiger partial charge < -0.3 is 10.2 Å². The van der Waals surface area contributed by atoms with Crippen LogP contribution in [0.4, 0.5) is 0 Å².